The molecule has 154 valence electrons. The Morgan fingerprint density at radius 3 is 2.31 bits per heavy atom. The summed E-state index contributed by atoms with van der Waals surface area (Å²) in [6.45, 7) is 7.22. The SMILES string of the molecule is Cc1nc(CC(C)C)c(CN)c(-c2ccc(CN)cc2)c1CN1C(=O)CNC1=O. The fourth-order valence-electron chi connectivity index (χ4n) is 3.74. The van der Waals surface area contributed by atoms with Crippen molar-refractivity contribution in [1.29, 1.82) is 0 Å². The van der Waals surface area contributed by atoms with Crippen molar-refractivity contribution in [1.82, 2.24) is 15.2 Å². The van der Waals surface area contributed by atoms with E-state index in [1.165, 1.54) is 4.90 Å². The number of hydrogen-bond donors (Lipinski definition) is 3. The first-order valence-electron chi connectivity index (χ1n) is 9.94. The highest BCUT2D eigenvalue weighted by atomic mass is 16.2. The molecular weight excluding hydrogens is 366 g/mol. The minimum absolute atomic E-state index is 0.0288. The maximum absolute atomic E-state index is 12.2. The second-order valence-corrected chi connectivity index (χ2v) is 7.82. The number of aryl methyl sites for hydroxylation is 1. The van der Waals surface area contributed by atoms with E-state index in [4.69, 9.17) is 16.5 Å². The Bertz CT molecular complexity index is 906. The van der Waals surface area contributed by atoms with Gasteiger partial charge in [-0.2, -0.15) is 0 Å². The Morgan fingerprint density at radius 2 is 1.79 bits per heavy atom. The van der Waals surface area contributed by atoms with E-state index in [2.05, 4.69) is 19.2 Å². The van der Waals surface area contributed by atoms with Gasteiger partial charge < -0.3 is 16.8 Å². The molecule has 0 atom stereocenters. The van der Waals surface area contributed by atoms with Gasteiger partial charge in [0.2, 0.25) is 5.91 Å². The number of nitrogens with one attached hydrogen (secondary N) is 1. The Balaban J connectivity index is 2.19. The number of hydrogen-bond acceptors (Lipinski definition) is 5. The molecule has 1 saturated heterocycles. The highest BCUT2D eigenvalue weighted by Gasteiger charge is 2.31. The van der Waals surface area contributed by atoms with Gasteiger partial charge in [0.1, 0.15) is 0 Å². The zero-order chi connectivity index (χ0) is 21.1. The molecule has 1 aromatic heterocycles. The molecule has 1 aliphatic rings. The fraction of sp³-hybridized carbons (Fsp3) is 0.409. The van der Waals surface area contributed by atoms with Crippen LogP contribution in [0.3, 0.4) is 0 Å². The van der Waals surface area contributed by atoms with Crippen LogP contribution in [-0.2, 0) is 30.8 Å². The summed E-state index contributed by atoms with van der Waals surface area (Å²) in [7, 11) is 0. The third-order valence-electron chi connectivity index (χ3n) is 5.23. The largest absolute Gasteiger partial charge is 0.329 e. The predicted molar refractivity (Wildman–Crippen MR) is 113 cm³/mol. The van der Waals surface area contributed by atoms with E-state index in [0.717, 1.165) is 45.6 Å². The molecule has 0 unspecified atom stereocenters. The van der Waals surface area contributed by atoms with Crippen molar-refractivity contribution < 1.29 is 9.59 Å². The van der Waals surface area contributed by atoms with Gasteiger partial charge in [-0.25, -0.2) is 4.79 Å². The van der Waals surface area contributed by atoms with Gasteiger partial charge in [-0.05, 0) is 41.5 Å². The van der Waals surface area contributed by atoms with Crippen molar-refractivity contribution in [3.05, 3.63) is 52.3 Å². The average molecular weight is 396 g/mol. The summed E-state index contributed by atoms with van der Waals surface area (Å²) in [4.78, 5) is 30.4. The number of nitrogens with two attached hydrogens (primary N) is 2. The van der Waals surface area contributed by atoms with E-state index in [1.54, 1.807) is 0 Å². The van der Waals surface area contributed by atoms with Gasteiger partial charge in [0.15, 0.2) is 0 Å². The molecule has 0 radical (unpaired) electrons. The number of rotatable bonds is 7. The second-order valence-electron chi connectivity index (χ2n) is 7.82. The molecule has 0 saturated carbocycles. The van der Waals surface area contributed by atoms with Crippen LogP contribution in [0.5, 0.6) is 0 Å². The Kier molecular flexibility index (Phi) is 6.30. The van der Waals surface area contributed by atoms with E-state index < -0.39 is 0 Å². The zero-order valence-electron chi connectivity index (χ0n) is 17.3. The molecular formula is C22H29N5O2. The molecule has 3 amide bonds. The minimum Gasteiger partial charge on any atom is -0.329 e. The Labute approximate surface area is 171 Å². The molecule has 29 heavy (non-hydrogen) atoms. The first kappa shape index (κ1) is 21.0. The van der Waals surface area contributed by atoms with Crippen LogP contribution in [0.15, 0.2) is 24.3 Å². The molecule has 5 N–H and O–H groups in total. The van der Waals surface area contributed by atoms with E-state index in [-0.39, 0.29) is 25.0 Å². The number of benzene rings is 1. The van der Waals surface area contributed by atoms with Gasteiger partial charge in [-0.3, -0.25) is 14.7 Å². The average Bonchev–Trinajstić information content (AvgIpc) is 3.01. The number of imide groups is 1. The Morgan fingerprint density at radius 1 is 1.10 bits per heavy atom. The van der Waals surface area contributed by atoms with Crippen molar-refractivity contribution in [2.75, 3.05) is 6.54 Å². The van der Waals surface area contributed by atoms with Crippen LogP contribution in [0.2, 0.25) is 0 Å². The number of amides is 3. The maximum atomic E-state index is 12.2. The lowest BCUT2D eigenvalue weighted by atomic mass is 9.89. The monoisotopic (exact) mass is 395 g/mol. The molecule has 1 aromatic carbocycles. The summed E-state index contributed by atoms with van der Waals surface area (Å²) < 4.78 is 0. The third-order valence-corrected chi connectivity index (χ3v) is 5.23. The molecule has 3 rings (SSSR count). The van der Waals surface area contributed by atoms with Gasteiger partial charge in [0.25, 0.3) is 0 Å². The van der Waals surface area contributed by atoms with Crippen LogP contribution in [0.1, 0.15) is 41.9 Å². The molecule has 0 spiro atoms. The predicted octanol–water partition coefficient (Wildman–Crippen LogP) is 2.22. The standard InChI is InChI=1S/C22H29N5O2/c1-13(2)8-19-17(10-24)21(16-6-4-15(9-23)5-7-16)18(14(3)26-19)12-27-20(28)11-25-22(27)29/h4-7,13H,8-12,23-24H2,1-3H3,(H,25,29). The number of urea groups is 1. The first-order valence-corrected chi connectivity index (χ1v) is 9.94. The summed E-state index contributed by atoms with van der Waals surface area (Å²) >= 11 is 0. The number of carbonyl (C=O) groups excluding carboxylic acids is 2. The normalized spacial score (nSPS) is 14.1. The lowest BCUT2D eigenvalue weighted by molar-refractivity contribution is -0.125. The molecule has 0 bridgehead atoms. The number of nitrogens with zero attached hydrogens (tertiary/aromatic N) is 2. The van der Waals surface area contributed by atoms with Crippen molar-refractivity contribution >= 4 is 11.9 Å². The Hall–Kier alpha value is -2.77. The first-order chi connectivity index (χ1) is 13.8. The third kappa shape index (κ3) is 4.31. The van der Waals surface area contributed by atoms with Crippen molar-refractivity contribution in [3.8, 4) is 11.1 Å². The maximum Gasteiger partial charge on any atom is 0.324 e. The lowest BCUT2D eigenvalue weighted by Gasteiger charge is -2.23. The van der Waals surface area contributed by atoms with Crippen LogP contribution < -0.4 is 16.8 Å². The molecule has 1 aliphatic heterocycles. The van der Waals surface area contributed by atoms with Gasteiger partial charge in [-0.15, -0.1) is 0 Å². The molecule has 2 heterocycles. The summed E-state index contributed by atoms with van der Waals surface area (Å²) in [5.41, 5.74) is 18.5. The summed E-state index contributed by atoms with van der Waals surface area (Å²) in [5.74, 6) is 0.191. The van der Waals surface area contributed by atoms with Crippen molar-refractivity contribution in [2.45, 2.75) is 46.8 Å². The van der Waals surface area contributed by atoms with Gasteiger partial charge in [0, 0.05) is 30.0 Å². The van der Waals surface area contributed by atoms with Crippen LogP contribution in [0.4, 0.5) is 4.79 Å². The molecule has 7 nitrogen and oxygen atoms in total. The molecule has 0 aliphatic carbocycles. The topological polar surface area (TPSA) is 114 Å². The number of pyridine rings is 1. The lowest BCUT2D eigenvalue weighted by Crippen LogP contribution is -2.31. The van der Waals surface area contributed by atoms with Crippen LogP contribution in [-0.4, -0.2) is 28.4 Å². The minimum atomic E-state index is -0.376. The molecule has 2 aromatic rings. The molecule has 1 fully saturated rings. The van der Waals surface area contributed by atoms with Crippen LogP contribution >= 0.6 is 0 Å². The second kappa shape index (κ2) is 8.71. The van der Waals surface area contributed by atoms with E-state index in [9.17, 15) is 9.59 Å². The van der Waals surface area contributed by atoms with Gasteiger partial charge in [0.05, 0.1) is 13.1 Å². The summed E-state index contributed by atoms with van der Waals surface area (Å²) in [6, 6.07) is 7.64. The zero-order valence-corrected chi connectivity index (χ0v) is 17.3. The number of aromatic nitrogens is 1. The van der Waals surface area contributed by atoms with E-state index in [1.807, 2.05) is 31.2 Å². The summed E-state index contributed by atoms with van der Waals surface area (Å²) in [6.07, 6.45) is 0.810. The van der Waals surface area contributed by atoms with Gasteiger partial charge in [-0.1, -0.05) is 38.1 Å². The van der Waals surface area contributed by atoms with Crippen molar-refractivity contribution in [3.63, 3.8) is 0 Å². The fourth-order valence-corrected chi connectivity index (χ4v) is 3.74. The molecule has 7 heteroatoms. The smallest absolute Gasteiger partial charge is 0.324 e. The van der Waals surface area contributed by atoms with E-state index in [0.29, 0.717) is 19.0 Å². The van der Waals surface area contributed by atoms with Gasteiger partial charge >= 0.3 is 6.03 Å². The highest BCUT2D eigenvalue weighted by Crippen LogP contribution is 2.33. The van der Waals surface area contributed by atoms with Crippen molar-refractivity contribution in [2.24, 2.45) is 17.4 Å². The van der Waals surface area contributed by atoms with Crippen LogP contribution in [0, 0.1) is 12.8 Å². The van der Waals surface area contributed by atoms with Crippen LogP contribution in [0.25, 0.3) is 11.1 Å². The quantitative estimate of drug-likeness (QED) is 0.622. The summed E-state index contributed by atoms with van der Waals surface area (Å²) in [5, 5.41) is 2.58. The highest BCUT2D eigenvalue weighted by molar-refractivity contribution is 6.02. The number of carbonyl (C=O) groups is 2. The van der Waals surface area contributed by atoms with E-state index >= 15 is 0 Å².